The van der Waals surface area contributed by atoms with E-state index in [0.29, 0.717) is 0 Å². The SMILES string of the molecule is CC(CC(=O)N[C@H]1CCCNC1)c1ccc(C(F)(F)F)cc1. The van der Waals surface area contributed by atoms with Crippen LogP contribution in [0.2, 0.25) is 0 Å². The molecule has 1 aromatic rings. The minimum atomic E-state index is -4.33. The Morgan fingerprint density at radius 2 is 2.05 bits per heavy atom. The molecule has 122 valence electrons. The molecular formula is C16H21F3N2O. The van der Waals surface area contributed by atoms with Gasteiger partial charge in [-0.2, -0.15) is 13.2 Å². The van der Waals surface area contributed by atoms with E-state index in [1.807, 2.05) is 6.92 Å². The molecule has 22 heavy (non-hydrogen) atoms. The largest absolute Gasteiger partial charge is 0.416 e. The Balaban J connectivity index is 1.88. The zero-order chi connectivity index (χ0) is 16.2. The molecule has 1 aliphatic rings. The number of rotatable bonds is 4. The first kappa shape index (κ1) is 16.8. The highest BCUT2D eigenvalue weighted by Gasteiger charge is 2.30. The second kappa shape index (κ2) is 7.13. The third-order valence-electron chi connectivity index (χ3n) is 3.96. The van der Waals surface area contributed by atoms with E-state index >= 15 is 0 Å². The number of piperidine rings is 1. The highest BCUT2D eigenvalue weighted by molar-refractivity contribution is 5.77. The van der Waals surface area contributed by atoms with E-state index < -0.39 is 11.7 Å². The normalized spacial score (nSPS) is 20.5. The fourth-order valence-electron chi connectivity index (χ4n) is 2.66. The second-order valence-electron chi connectivity index (χ2n) is 5.84. The smallest absolute Gasteiger partial charge is 0.352 e. The minimum Gasteiger partial charge on any atom is -0.352 e. The topological polar surface area (TPSA) is 41.1 Å². The van der Waals surface area contributed by atoms with Gasteiger partial charge < -0.3 is 10.6 Å². The van der Waals surface area contributed by atoms with Crippen molar-refractivity contribution < 1.29 is 18.0 Å². The number of benzene rings is 1. The summed E-state index contributed by atoms with van der Waals surface area (Å²) in [6, 6.07) is 5.18. The lowest BCUT2D eigenvalue weighted by atomic mass is 9.96. The van der Waals surface area contributed by atoms with E-state index in [1.54, 1.807) is 0 Å². The standard InChI is InChI=1S/C16H21F3N2O/c1-11(9-15(22)21-14-3-2-8-20-10-14)12-4-6-13(7-5-12)16(17,18)19/h4-7,11,14,20H,2-3,8-10H2,1H3,(H,21,22)/t11?,14-/m0/s1. The van der Waals surface area contributed by atoms with Crippen molar-refractivity contribution in [1.29, 1.82) is 0 Å². The molecule has 0 saturated carbocycles. The molecule has 0 bridgehead atoms. The van der Waals surface area contributed by atoms with E-state index in [0.717, 1.165) is 43.6 Å². The summed E-state index contributed by atoms with van der Waals surface area (Å²) in [7, 11) is 0. The van der Waals surface area contributed by atoms with Crippen LogP contribution in [0.5, 0.6) is 0 Å². The summed E-state index contributed by atoms with van der Waals surface area (Å²) >= 11 is 0. The second-order valence-corrected chi connectivity index (χ2v) is 5.84. The molecule has 1 aliphatic heterocycles. The van der Waals surface area contributed by atoms with Crippen LogP contribution in [0.15, 0.2) is 24.3 Å². The highest BCUT2D eigenvalue weighted by Crippen LogP contribution is 2.30. The van der Waals surface area contributed by atoms with Crippen LogP contribution in [0.4, 0.5) is 13.2 Å². The molecule has 2 N–H and O–H groups in total. The molecule has 3 nitrogen and oxygen atoms in total. The van der Waals surface area contributed by atoms with E-state index in [2.05, 4.69) is 10.6 Å². The maximum atomic E-state index is 12.5. The molecule has 1 aromatic carbocycles. The van der Waals surface area contributed by atoms with Crippen molar-refractivity contribution in [3.05, 3.63) is 35.4 Å². The van der Waals surface area contributed by atoms with E-state index in [1.165, 1.54) is 12.1 Å². The maximum absolute atomic E-state index is 12.5. The molecule has 1 heterocycles. The summed E-state index contributed by atoms with van der Waals surface area (Å²) in [5.41, 5.74) is 0.0751. The number of halogens is 3. The molecule has 0 spiro atoms. The molecular weight excluding hydrogens is 293 g/mol. The predicted octanol–water partition coefficient (Wildman–Crippen LogP) is 3.07. The zero-order valence-electron chi connectivity index (χ0n) is 12.5. The van der Waals surface area contributed by atoms with Gasteiger partial charge in [-0.05, 0) is 43.0 Å². The van der Waals surface area contributed by atoms with Gasteiger partial charge in [0.05, 0.1) is 5.56 Å². The van der Waals surface area contributed by atoms with Gasteiger partial charge in [0.15, 0.2) is 0 Å². The van der Waals surface area contributed by atoms with Crippen molar-refractivity contribution in [2.75, 3.05) is 13.1 Å². The summed E-state index contributed by atoms with van der Waals surface area (Å²) < 4.78 is 37.6. The first-order valence-electron chi connectivity index (χ1n) is 7.53. The van der Waals surface area contributed by atoms with Crippen LogP contribution in [0.1, 0.15) is 43.2 Å². The van der Waals surface area contributed by atoms with Crippen molar-refractivity contribution >= 4 is 5.91 Å². The zero-order valence-corrected chi connectivity index (χ0v) is 12.5. The van der Waals surface area contributed by atoms with Gasteiger partial charge in [-0.1, -0.05) is 19.1 Å². The lowest BCUT2D eigenvalue weighted by Gasteiger charge is -2.24. The van der Waals surface area contributed by atoms with Gasteiger partial charge in [0, 0.05) is 19.0 Å². The van der Waals surface area contributed by atoms with Gasteiger partial charge in [0.2, 0.25) is 5.91 Å². The van der Waals surface area contributed by atoms with E-state index in [-0.39, 0.29) is 24.3 Å². The van der Waals surface area contributed by atoms with E-state index in [9.17, 15) is 18.0 Å². The van der Waals surface area contributed by atoms with Gasteiger partial charge in [-0.15, -0.1) is 0 Å². The van der Waals surface area contributed by atoms with Crippen LogP contribution in [-0.4, -0.2) is 25.0 Å². The summed E-state index contributed by atoms with van der Waals surface area (Å²) in [4.78, 5) is 12.0. The lowest BCUT2D eigenvalue weighted by molar-refractivity contribution is -0.137. The number of carbonyl (C=O) groups excluding carboxylic acids is 1. The summed E-state index contributed by atoms with van der Waals surface area (Å²) in [5, 5.41) is 6.20. The number of alkyl halides is 3. The molecule has 0 radical (unpaired) electrons. The first-order chi connectivity index (χ1) is 10.4. The number of carbonyl (C=O) groups is 1. The Hall–Kier alpha value is -1.56. The van der Waals surface area contributed by atoms with Gasteiger partial charge in [0.1, 0.15) is 0 Å². The van der Waals surface area contributed by atoms with Crippen LogP contribution in [-0.2, 0) is 11.0 Å². The van der Waals surface area contributed by atoms with E-state index in [4.69, 9.17) is 0 Å². The van der Waals surface area contributed by atoms with Crippen molar-refractivity contribution in [2.24, 2.45) is 0 Å². The van der Waals surface area contributed by atoms with Crippen LogP contribution >= 0.6 is 0 Å². The van der Waals surface area contributed by atoms with Crippen LogP contribution < -0.4 is 10.6 Å². The third-order valence-corrected chi connectivity index (χ3v) is 3.96. The Kier molecular flexibility index (Phi) is 5.45. The van der Waals surface area contributed by atoms with Gasteiger partial charge in [0.25, 0.3) is 0 Å². The molecule has 1 unspecified atom stereocenters. The Morgan fingerprint density at radius 1 is 1.36 bits per heavy atom. The number of hydrogen-bond acceptors (Lipinski definition) is 2. The third kappa shape index (κ3) is 4.73. The summed E-state index contributed by atoms with van der Waals surface area (Å²) in [5.74, 6) is -0.167. The van der Waals surface area contributed by atoms with Gasteiger partial charge >= 0.3 is 6.18 Å². The molecule has 2 atom stereocenters. The average molecular weight is 314 g/mol. The molecule has 0 aromatic heterocycles. The lowest BCUT2D eigenvalue weighted by Crippen LogP contribution is -2.45. The molecule has 1 fully saturated rings. The highest BCUT2D eigenvalue weighted by atomic mass is 19.4. The molecule has 2 rings (SSSR count). The molecule has 1 saturated heterocycles. The first-order valence-corrected chi connectivity index (χ1v) is 7.53. The Bertz CT molecular complexity index is 493. The van der Waals surface area contributed by atoms with Crippen molar-refractivity contribution in [2.45, 2.75) is 44.3 Å². The number of hydrogen-bond donors (Lipinski definition) is 2. The molecule has 1 amide bonds. The van der Waals surface area contributed by atoms with Gasteiger partial charge in [-0.3, -0.25) is 4.79 Å². The van der Waals surface area contributed by atoms with Crippen molar-refractivity contribution in [3.63, 3.8) is 0 Å². The number of amides is 1. The van der Waals surface area contributed by atoms with Crippen molar-refractivity contribution in [3.8, 4) is 0 Å². The minimum absolute atomic E-state index is 0.0545. The summed E-state index contributed by atoms with van der Waals surface area (Å²) in [6.07, 6.45) is -2.04. The van der Waals surface area contributed by atoms with Gasteiger partial charge in [-0.25, -0.2) is 0 Å². The average Bonchev–Trinajstić information content (AvgIpc) is 2.47. The quantitative estimate of drug-likeness (QED) is 0.897. The molecule has 0 aliphatic carbocycles. The van der Waals surface area contributed by atoms with Crippen LogP contribution in [0.3, 0.4) is 0 Å². The fraction of sp³-hybridized carbons (Fsp3) is 0.562. The Morgan fingerprint density at radius 3 is 2.59 bits per heavy atom. The summed E-state index contributed by atoms with van der Waals surface area (Å²) in [6.45, 7) is 3.61. The maximum Gasteiger partial charge on any atom is 0.416 e. The van der Waals surface area contributed by atoms with Crippen LogP contribution in [0.25, 0.3) is 0 Å². The predicted molar refractivity (Wildman–Crippen MR) is 78.5 cm³/mol. The number of nitrogens with one attached hydrogen (secondary N) is 2. The van der Waals surface area contributed by atoms with Crippen molar-refractivity contribution in [1.82, 2.24) is 10.6 Å². The monoisotopic (exact) mass is 314 g/mol. The fourth-order valence-corrected chi connectivity index (χ4v) is 2.66. The molecule has 6 heteroatoms. The van der Waals surface area contributed by atoms with Crippen LogP contribution in [0, 0.1) is 0 Å². The Labute approximate surface area is 128 Å².